The Bertz CT molecular complexity index is 804. The predicted octanol–water partition coefficient (Wildman–Crippen LogP) is 2.47. The van der Waals surface area contributed by atoms with Crippen LogP contribution in [-0.2, 0) is 18.3 Å². The molecule has 0 spiro atoms. The zero-order valence-corrected chi connectivity index (χ0v) is 13.3. The lowest BCUT2D eigenvalue weighted by Gasteiger charge is -2.26. The minimum absolute atomic E-state index is 0.828. The van der Waals surface area contributed by atoms with Gasteiger partial charge in [0.15, 0.2) is 0 Å². The maximum atomic E-state index is 5.39. The third kappa shape index (κ3) is 2.85. The molecule has 0 atom stereocenters. The van der Waals surface area contributed by atoms with Gasteiger partial charge in [-0.2, -0.15) is 0 Å². The van der Waals surface area contributed by atoms with Crippen molar-refractivity contribution < 1.29 is 4.74 Å². The van der Waals surface area contributed by atoms with E-state index in [1.807, 2.05) is 36.3 Å². The van der Waals surface area contributed by atoms with E-state index in [1.54, 1.807) is 0 Å². The fraction of sp³-hybridized carbons (Fsp3) is 0.333. The molecule has 0 bridgehead atoms. The molecule has 4 rings (SSSR count). The molecule has 23 heavy (non-hydrogen) atoms. The van der Waals surface area contributed by atoms with Crippen LogP contribution in [-0.4, -0.2) is 45.7 Å². The Kier molecular flexibility index (Phi) is 3.81. The van der Waals surface area contributed by atoms with E-state index < -0.39 is 0 Å². The van der Waals surface area contributed by atoms with Crippen molar-refractivity contribution in [2.24, 2.45) is 7.05 Å². The third-order valence-corrected chi connectivity index (χ3v) is 4.38. The molecule has 1 aliphatic heterocycles. The van der Waals surface area contributed by atoms with Crippen LogP contribution in [0.1, 0.15) is 5.56 Å². The van der Waals surface area contributed by atoms with E-state index in [0.717, 1.165) is 55.1 Å². The predicted molar refractivity (Wildman–Crippen MR) is 90.0 cm³/mol. The van der Waals surface area contributed by atoms with E-state index in [1.165, 1.54) is 5.56 Å². The van der Waals surface area contributed by atoms with Crippen molar-refractivity contribution in [1.82, 2.24) is 19.4 Å². The van der Waals surface area contributed by atoms with E-state index in [-0.39, 0.29) is 0 Å². The monoisotopic (exact) mass is 308 g/mol. The summed E-state index contributed by atoms with van der Waals surface area (Å²) < 4.78 is 7.43. The Labute approximate surface area is 135 Å². The highest BCUT2D eigenvalue weighted by Crippen LogP contribution is 2.26. The van der Waals surface area contributed by atoms with Gasteiger partial charge in [-0.25, -0.2) is 4.98 Å². The first kappa shape index (κ1) is 14.4. The first-order valence-corrected chi connectivity index (χ1v) is 7.97. The van der Waals surface area contributed by atoms with Crippen molar-refractivity contribution in [1.29, 1.82) is 0 Å². The van der Waals surface area contributed by atoms with Crippen molar-refractivity contribution in [3.8, 4) is 11.3 Å². The lowest BCUT2D eigenvalue weighted by atomic mass is 10.1. The average molecular weight is 308 g/mol. The molecule has 4 heterocycles. The molecule has 1 saturated heterocycles. The van der Waals surface area contributed by atoms with Gasteiger partial charge in [-0.3, -0.25) is 9.88 Å². The van der Waals surface area contributed by atoms with Crippen LogP contribution in [0.4, 0.5) is 0 Å². The molecule has 0 radical (unpaired) electrons. The zero-order valence-electron chi connectivity index (χ0n) is 13.3. The molecule has 5 heteroatoms. The van der Waals surface area contributed by atoms with Crippen LogP contribution in [0, 0.1) is 0 Å². The Morgan fingerprint density at radius 3 is 2.74 bits per heavy atom. The number of hydrogen-bond donors (Lipinski definition) is 0. The lowest BCUT2D eigenvalue weighted by molar-refractivity contribution is 0.0341. The van der Waals surface area contributed by atoms with Gasteiger partial charge in [0.05, 0.1) is 18.9 Å². The van der Waals surface area contributed by atoms with Crippen LogP contribution in [0.3, 0.4) is 0 Å². The number of hydrogen-bond acceptors (Lipinski definition) is 4. The van der Waals surface area contributed by atoms with Gasteiger partial charge in [-0.1, -0.05) is 6.07 Å². The molecule has 5 nitrogen and oxygen atoms in total. The quantitative estimate of drug-likeness (QED) is 0.745. The number of nitrogens with zero attached hydrogens (tertiary/aromatic N) is 4. The normalized spacial score (nSPS) is 16.0. The van der Waals surface area contributed by atoms with E-state index in [9.17, 15) is 0 Å². The van der Waals surface area contributed by atoms with Crippen LogP contribution in [0.25, 0.3) is 22.3 Å². The highest BCUT2D eigenvalue weighted by molar-refractivity contribution is 5.92. The van der Waals surface area contributed by atoms with E-state index in [2.05, 4.69) is 33.1 Å². The molecular weight excluding hydrogens is 288 g/mol. The van der Waals surface area contributed by atoms with Gasteiger partial charge in [-0.05, 0) is 23.8 Å². The summed E-state index contributed by atoms with van der Waals surface area (Å²) in [6, 6.07) is 8.41. The number of ether oxygens (including phenoxy) is 1. The van der Waals surface area contributed by atoms with Gasteiger partial charge >= 0.3 is 0 Å². The maximum Gasteiger partial charge on any atom is 0.140 e. The smallest absolute Gasteiger partial charge is 0.140 e. The Morgan fingerprint density at radius 2 is 1.96 bits per heavy atom. The molecule has 1 fully saturated rings. The van der Waals surface area contributed by atoms with Gasteiger partial charge in [0.25, 0.3) is 0 Å². The first-order chi connectivity index (χ1) is 11.3. The summed E-state index contributed by atoms with van der Waals surface area (Å²) in [6.07, 6.45) is 5.87. The number of pyridine rings is 2. The largest absolute Gasteiger partial charge is 0.379 e. The van der Waals surface area contributed by atoms with Crippen molar-refractivity contribution in [2.75, 3.05) is 26.3 Å². The van der Waals surface area contributed by atoms with Gasteiger partial charge < -0.3 is 9.30 Å². The molecule has 0 unspecified atom stereocenters. The molecule has 0 N–H and O–H groups in total. The molecule has 0 aromatic carbocycles. The van der Waals surface area contributed by atoms with Crippen molar-refractivity contribution in [3.05, 3.63) is 48.4 Å². The zero-order chi connectivity index (χ0) is 15.6. The highest BCUT2D eigenvalue weighted by atomic mass is 16.5. The highest BCUT2D eigenvalue weighted by Gasteiger charge is 2.12. The molecule has 3 aromatic heterocycles. The van der Waals surface area contributed by atoms with Crippen LogP contribution < -0.4 is 0 Å². The van der Waals surface area contributed by atoms with E-state index in [4.69, 9.17) is 4.74 Å². The molecule has 3 aromatic rings. The molecule has 0 amide bonds. The maximum absolute atomic E-state index is 5.39. The van der Waals surface area contributed by atoms with Gasteiger partial charge in [0.1, 0.15) is 5.65 Å². The van der Waals surface area contributed by atoms with E-state index >= 15 is 0 Å². The Balaban J connectivity index is 1.59. The molecule has 0 aliphatic carbocycles. The fourth-order valence-electron chi connectivity index (χ4n) is 3.08. The molecule has 1 aliphatic rings. The second-order valence-corrected chi connectivity index (χ2v) is 5.96. The Morgan fingerprint density at radius 1 is 1.09 bits per heavy atom. The van der Waals surface area contributed by atoms with Crippen LogP contribution >= 0.6 is 0 Å². The third-order valence-electron chi connectivity index (χ3n) is 4.38. The first-order valence-electron chi connectivity index (χ1n) is 7.97. The minimum Gasteiger partial charge on any atom is -0.379 e. The van der Waals surface area contributed by atoms with Gasteiger partial charge in [0.2, 0.25) is 0 Å². The SMILES string of the molecule is Cn1ccc2c(-c3ccc(CN4CCOCC4)cn3)ccnc21. The van der Waals surface area contributed by atoms with Crippen LogP contribution in [0.2, 0.25) is 0 Å². The standard InChI is InChI=1S/C18H20N4O/c1-21-7-5-16-15(4-6-19-18(16)21)17-3-2-14(12-20-17)13-22-8-10-23-11-9-22/h2-7,12H,8-11,13H2,1H3. The summed E-state index contributed by atoms with van der Waals surface area (Å²) in [7, 11) is 2.01. The fourth-order valence-corrected chi connectivity index (χ4v) is 3.08. The number of morpholine rings is 1. The average Bonchev–Trinajstić information content (AvgIpc) is 2.98. The summed E-state index contributed by atoms with van der Waals surface area (Å²) in [6.45, 7) is 4.59. The van der Waals surface area contributed by atoms with Crippen molar-refractivity contribution in [3.63, 3.8) is 0 Å². The van der Waals surface area contributed by atoms with Crippen molar-refractivity contribution in [2.45, 2.75) is 6.54 Å². The summed E-state index contributed by atoms with van der Waals surface area (Å²) in [5, 5.41) is 1.14. The summed E-state index contributed by atoms with van der Waals surface area (Å²) in [4.78, 5) is 11.5. The van der Waals surface area contributed by atoms with Crippen molar-refractivity contribution >= 4 is 11.0 Å². The molecule has 0 saturated carbocycles. The minimum atomic E-state index is 0.828. The van der Waals surface area contributed by atoms with E-state index in [0.29, 0.717) is 0 Å². The molecule has 118 valence electrons. The Hall–Kier alpha value is -2.24. The summed E-state index contributed by atoms with van der Waals surface area (Å²) >= 11 is 0. The van der Waals surface area contributed by atoms with Crippen LogP contribution in [0.15, 0.2) is 42.9 Å². The second-order valence-electron chi connectivity index (χ2n) is 5.96. The summed E-state index contributed by atoms with van der Waals surface area (Å²) in [5.41, 5.74) is 4.36. The number of aryl methyl sites for hydroxylation is 1. The summed E-state index contributed by atoms with van der Waals surface area (Å²) in [5.74, 6) is 0. The van der Waals surface area contributed by atoms with Gasteiger partial charge in [-0.15, -0.1) is 0 Å². The number of rotatable bonds is 3. The van der Waals surface area contributed by atoms with Crippen LogP contribution in [0.5, 0.6) is 0 Å². The lowest BCUT2D eigenvalue weighted by Crippen LogP contribution is -2.35. The van der Waals surface area contributed by atoms with Gasteiger partial charge in [0, 0.05) is 56.2 Å². The second kappa shape index (κ2) is 6.10. The number of aromatic nitrogens is 3. The topological polar surface area (TPSA) is 43.2 Å². The number of fused-ring (bicyclic) bond motifs is 1. The molecular formula is C18H20N4O.